The maximum absolute atomic E-state index is 12.3. The third-order valence-corrected chi connectivity index (χ3v) is 6.26. The van der Waals surface area contributed by atoms with Crippen molar-refractivity contribution in [2.45, 2.75) is 84.3 Å². The minimum atomic E-state index is -0.665. The Labute approximate surface area is 153 Å². The van der Waals surface area contributed by atoms with Crippen molar-refractivity contribution in [2.75, 3.05) is 0 Å². The minimum absolute atomic E-state index is 0.154. The number of rotatable bonds is 8. The first-order valence-corrected chi connectivity index (χ1v) is 9.61. The Morgan fingerprint density at radius 1 is 1.40 bits per heavy atom. The molecule has 0 aromatic rings. The molecule has 0 N–H and O–H groups in total. The zero-order chi connectivity index (χ0) is 18.7. The second kappa shape index (κ2) is 7.39. The molecular weight excluding hydrogens is 312 g/mol. The molecule has 1 saturated heterocycles. The van der Waals surface area contributed by atoms with Crippen LogP contribution >= 0.6 is 0 Å². The third-order valence-electron chi connectivity index (χ3n) is 6.26. The molecule has 2 rings (SSSR count). The zero-order valence-corrected chi connectivity index (χ0v) is 16.4. The fourth-order valence-electron chi connectivity index (χ4n) is 4.45. The monoisotopic (exact) mass is 346 g/mol. The number of ether oxygens (including phenoxy) is 2. The lowest BCUT2D eigenvalue weighted by atomic mass is 9.61. The molecule has 1 fully saturated rings. The molecule has 0 unspecified atom stereocenters. The summed E-state index contributed by atoms with van der Waals surface area (Å²) in [6.45, 7) is 16.7. The van der Waals surface area contributed by atoms with Gasteiger partial charge in [-0.3, -0.25) is 0 Å². The van der Waals surface area contributed by atoms with Gasteiger partial charge in [0.25, 0.3) is 0 Å². The van der Waals surface area contributed by atoms with Crippen LogP contribution in [-0.4, -0.2) is 17.9 Å². The molecule has 0 spiro atoms. The summed E-state index contributed by atoms with van der Waals surface area (Å²) in [5, 5.41) is 0. The molecule has 0 amide bonds. The molecule has 1 aliphatic heterocycles. The number of unbranched alkanes of at least 4 members (excludes halogenated alkanes) is 1. The van der Waals surface area contributed by atoms with Gasteiger partial charge in [0, 0.05) is 10.8 Å². The SMILES string of the molecule is C=CCC(C)(C)[C@@]1(CCCC)OC(=O)O[C@@H]1C1=CCCC[C@@]1(C)C=C. The van der Waals surface area contributed by atoms with E-state index in [9.17, 15) is 4.79 Å². The molecule has 0 saturated carbocycles. The molecule has 0 aromatic carbocycles. The number of hydrogen-bond acceptors (Lipinski definition) is 3. The van der Waals surface area contributed by atoms with E-state index in [1.165, 1.54) is 0 Å². The lowest BCUT2D eigenvalue weighted by molar-refractivity contribution is -0.0723. The van der Waals surface area contributed by atoms with Crippen LogP contribution in [0.3, 0.4) is 0 Å². The van der Waals surface area contributed by atoms with E-state index >= 15 is 0 Å². The van der Waals surface area contributed by atoms with E-state index in [1.54, 1.807) is 0 Å². The normalized spacial score (nSPS) is 32.6. The number of allylic oxidation sites excluding steroid dienone is 3. The van der Waals surface area contributed by atoms with Crippen molar-refractivity contribution in [1.82, 2.24) is 0 Å². The molecule has 3 atom stereocenters. The van der Waals surface area contributed by atoms with Crippen LogP contribution in [0.5, 0.6) is 0 Å². The van der Waals surface area contributed by atoms with Crippen LogP contribution in [0.2, 0.25) is 0 Å². The highest BCUT2D eigenvalue weighted by Gasteiger charge is 2.61. The van der Waals surface area contributed by atoms with Gasteiger partial charge < -0.3 is 9.47 Å². The van der Waals surface area contributed by atoms with Gasteiger partial charge >= 0.3 is 6.16 Å². The third kappa shape index (κ3) is 3.43. The standard InChI is InChI=1S/C22H34O3/c1-7-10-16-22(20(4,5)14-8-2)18(24-19(23)25-22)17-13-11-12-15-21(17,6)9-3/h8-9,13,18H,2-3,7,10-12,14-16H2,1,4-6H3/t18-,21-,22+/m1/s1. The largest absolute Gasteiger partial charge is 0.509 e. The van der Waals surface area contributed by atoms with Crippen LogP contribution in [0.4, 0.5) is 4.79 Å². The lowest BCUT2D eigenvalue weighted by Crippen LogP contribution is -2.54. The van der Waals surface area contributed by atoms with Gasteiger partial charge in [-0.15, -0.1) is 13.2 Å². The predicted molar refractivity (Wildman–Crippen MR) is 102 cm³/mol. The molecule has 1 aliphatic carbocycles. The first-order valence-electron chi connectivity index (χ1n) is 9.61. The van der Waals surface area contributed by atoms with Crippen molar-refractivity contribution in [3.05, 3.63) is 37.0 Å². The molecule has 3 heteroatoms. The first kappa shape index (κ1) is 19.8. The van der Waals surface area contributed by atoms with Gasteiger partial charge in [-0.25, -0.2) is 4.79 Å². The Morgan fingerprint density at radius 2 is 2.12 bits per heavy atom. The second-order valence-electron chi connectivity index (χ2n) is 8.39. The Balaban J connectivity index is 2.55. The molecule has 25 heavy (non-hydrogen) atoms. The highest BCUT2D eigenvalue weighted by Crippen LogP contribution is 2.54. The Hall–Kier alpha value is -1.51. The maximum Gasteiger partial charge on any atom is 0.509 e. The van der Waals surface area contributed by atoms with Crippen molar-refractivity contribution in [3.63, 3.8) is 0 Å². The average Bonchev–Trinajstić information content (AvgIpc) is 2.91. The summed E-state index contributed by atoms with van der Waals surface area (Å²) < 4.78 is 11.8. The molecule has 0 aromatic heterocycles. The Kier molecular flexibility index (Phi) is 5.86. The highest BCUT2D eigenvalue weighted by molar-refractivity contribution is 5.65. The van der Waals surface area contributed by atoms with Gasteiger partial charge in [0.1, 0.15) is 0 Å². The van der Waals surface area contributed by atoms with Crippen LogP contribution in [0.25, 0.3) is 0 Å². The van der Waals surface area contributed by atoms with E-state index in [-0.39, 0.29) is 16.9 Å². The van der Waals surface area contributed by atoms with E-state index in [4.69, 9.17) is 9.47 Å². The lowest BCUT2D eigenvalue weighted by Gasteiger charge is -2.47. The average molecular weight is 347 g/mol. The topological polar surface area (TPSA) is 35.5 Å². The number of carbonyl (C=O) groups is 1. The molecular formula is C22H34O3. The summed E-state index contributed by atoms with van der Waals surface area (Å²) >= 11 is 0. The summed E-state index contributed by atoms with van der Waals surface area (Å²) in [5.74, 6) is 0. The number of hydrogen-bond donors (Lipinski definition) is 0. The van der Waals surface area contributed by atoms with E-state index in [1.807, 2.05) is 12.2 Å². The van der Waals surface area contributed by atoms with Crippen molar-refractivity contribution in [1.29, 1.82) is 0 Å². The van der Waals surface area contributed by atoms with E-state index in [0.717, 1.165) is 50.5 Å². The number of cyclic esters (lactones) is 2. The van der Waals surface area contributed by atoms with Crippen LogP contribution < -0.4 is 0 Å². The highest BCUT2D eigenvalue weighted by atomic mass is 16.8. The van der Waals surface area contributed by atoms with E-state index in [0.29, 0.717) is 0 Å². The van der Waals surface area contributed by atoms with Crippen molar-refractivity contribution in [3.8, 4) is 0 Å². The van der Waals surface area contributed by atoms with Crippen LogP contribution in [0, 0.1) is 10.8 Å². The summed E-state index contributed by atoms with van der Waals surface area (Å²) in [6, 6.07) is 0. The van der Waals surface area contributed by atoms with Crippen molar-refractivity contribution in [2.24, 2.45) is 10.8 Å². The molecule has 3 nitrogen and oxygen atoms in total. The molecule has 0 bridgehead atoms. The van der Waals surface area contributed by atoms with Crippen LogP contribution in [-0.2, 0) is 9.47 Å². The van der Waals surface area contributed by atoms with E-state index < -0.39 is 11.8 Å². The quantitative estimate of drug-likeness (QED) is 0.379. The predicted octanol–water partition coefficient (Wildman–Crippen LogP) is 6.36. The van der Waals surface area contributed by atoms with Gasteiger partial charge in [-0.05, 0) is 44.1 Å². The zero-order valence-electron chi connectivity index (χ0n) is 16.4. The maximum atomic E-state index is 12.3. The van der Waals surface area contributed by atoms with Gasteiger partial charge in [0.2, 0.25) is 0 Å². The molecule has 140 valence electrons. The molecule has 1 heterocycles. The van der Waals surface area contributed by atoms with Gasteiger partial charge in [-0.1, -0.05) is 52.3 Å². The Morgan fingerprint density at radius 3 is 2.72 bits per heavy atom. The minimum Gasteiger partial charge on any atom is -0.423 e. The summed E-state index contributed by atoms with van der Waals surface area (Å²) in [7, 11) is 0. The summed E-state index contributed by atoms with van der Waals surface area (Å²) in [5.41, 5.74) is 0.0782. The smallest absolute Gasteiger partial charge is 0.423 e. The fraction of sp³-hybridized carbons (Fsp3) is 0.682. The van der Waals surface area contributed by atoms with Crippen molar-refractivity contribution >= 4 is 6.16 Å². The van der Waals surface area contributed by atoms with Gasteiger partial charge in [0.05, 0.1) is 0 Å². The number of carbonyl (C=O) groups excluding carboxylic acids is 1. The molecule has 2 aliphatic rings. The van der Waals surface area contributed by atoms with Crippen molar-refractivity contribution < 1.29 is 14.3 Å². The fourth-order valence-corrected chi connectivity index (χ4v) is 4.45. The first-order chi connectivity index (χ1) is 11.8. The van der Waals surface area contributed by atoms with Gasteiger partial charge in [0.15, 0.2) is 11.7 Å². The van der Waals surface area contributed by atoms with Gasteiger partial charge in [-0.2, -0.15) is 0 Å². The summed E-state index contributed by atoms with van der Waals surface area (Å²) in [4.78, 5) is 12.3. The van der Waals surface area contributed by atoms with Crippen LogP contribution in [0.1, 0.15) is 72.6 Å². The van der Waals surface area contributed by atoms with Crippen LogP contribution in [0.15, 0.2) is 37.0 Å². The Bertz CT molecular complexity index is 560. The second-order valence-corrected chi connectivity index (χ2v) is 8.39. The van der Waals surface area contributed by atoms with E-state index in [2.05, 4.69) is 46.9 Å². The molecule has 0 radical (unpaired) electrons. The summed E-state index contributed by atoms with van der Waals surface area (Å²) in [6.07, 6.45) is 12.1.